The third-order valence-corrected chi connectivity index (χ3v) is 14.9. The van der Waals surface area contributed by atoms with Crippen molar-refractivity contribution in [2.45, 2.75) is 158 Å². The zero-order valence-electron chi connectivity index (χ0n) is 36.5. The molecule has 4 saturated carbocycles. The first-order valence-electron chi connectivity index (χ1n) is 20.5. The number of methoxy groups -OCH3 is 1. The number of benzene rings is 2. The Morgan fingerprint density at radius 1 is 0.667 bits per heavy atom. The predicted molar refractivity (Wildman–Crippen MR) is 237 cm³/mol. The van der Waals surface area contributed by atoms with Crippen molar-refractivity contribution in [2.75, 3.05) is 7.11 Å². The summed E-state index contributed by atoms with van der Waals surface area (Å²) in [6.07, 6.45) is 8.65. The van der Waals surface area contributed by atoms with Crippen LogP contribution in [0.3, 0.4) is 0 Å². The fraction of sp³-hybridized carbons (Fsp3) is 0.720. The van der Waals surface area contributed by atoms with Crippen LogP contribution in [0.1, 0.15) is 163 Å². The van der Waals surface area contributed by atoms with Gasteiger partial charge in [-0.05, 0) is 142 Å². The van der Waals surface area contributed by atoms with Crippen LogP contribution < -0.4 is 0 Å². The summed E-state index contributed by atoms with van der Waals surface area (Å²) in [6, 6.07) is 19.3. The summed E-state index contributed by atoms with van der Waals surface area (Å²) in [5.74, 6) is 9.16. The van der Waals surface area contributed by atoms with Gasteiger partial charge in [-0.1, -0.05) is 139 Å². The molecular formula is C50H82Cl2OZr. The van der Waals surface area contributed by atoms with Crippen molar-refractivity contribution in [1.82, 2.24) is 0 Å². The minimum absolute atomic E-state index is 0. The Hall–Kier alpha value is -0.137. The van der Waals surface area contributed by atoms with Crippen molar-refractivity contribution in [3.63, 3.8) is 0 Å². The molecule has 4 heteroatoms. The number of hydrogen-bond acceptors (Lipinski definition) is 1. The zero-order valence-corrected chi connectivity index (χ0v) is 40.5. The second kappa shape index (κ2) is 19.7. The summed E-state index contributed by atoms with van der Waals surface area (Å²) in [5.41, 5.74) is 6.81. The summed E-state index contributed by atoms with van der Waals surface area (Å²) < 4.78 is 6.52. The van der Waals surface area contributed by atoms with E-state index in [2.05, 4.69) is 132 Å². The van der Waals surface area contributed by atoms with Gasteiger partial charge in [0.25, 0.3) is 0 Å². The molecule has 4 aliphatic carbocycles. The quantitative estimate of drug-likeness (QED) is 0.272. The van der Waals surface area contributed by atoms with Crippen LogP contribution in [0.2, 0.25) is 0 Å². The van der Waals surface area contributed by atoms with E-state index in [9.17, 15) is 0 Å². The second-order valence-corrected chi connectivity index (χ2v) is 24.7. The summed E-state index contributed by atoms with van der Waals surface area (Å²) in [4.78, 5) is 0. The fourth-order valence-electron chi connectivity index (χ4n) is 12.3. The van der Waals surface area contributed by atoms with Crippen molar-refractivity contribution < 1.29 is 25.6 Å². The Labute approximate surface area is 355 Å². The molecule has 0 N–H and O–H groups in total. The molecule has 2 aromatic rings. The molecule has 13 unspecified atom stereocenters. The van der Waals surface area contributed by atoms with E-state index < -0.39 is 20.8 Å². The number of ether oxygens (including phenoxy) is 1. The molecular weight excluding hydrogens is 779 g/mol. The number of rotatable bonds is 5. The van der Waals surface area contributed by atoms with Crippen LogP contribution in [-0.4, -0.2) is 13.2 Å². The Balaban J connectivity index is 0.00000163. The third-order valence-electron chi connectivity index (χ3n) is 14.9. The van der Waals surface area contributed by atoms with Crippen LogP contribution in [-0.2, 0) is 36.4 Å². The fourth-order valence-corrected chi connectivity index (χ4v) is 12.3. The van der Waals surface area contributed by atoms with Crippen LogP contribution in [0.25, 0.3) is 0 Å². The van der Waals surface area contributed by atoms with Crippen LogP contribution in [0.4, 0.5) is 0 Å². The first-order valence-corrected chi connectivity index (χ1v) is 26.8. The van der Waals surface area contributed by atoms with E-state index in [0.29, 0.717) is 23.9 Å². The van der Waals surface area contributed by atoms with Crippen molar-refractivity contribution in [3.8, 4) is 0 Å². The minimum atomic E-state index is -0.826. The van der Waals surface area contributed by atoms with E-state index >= 15 is 0 Å². The number of hydrogen-bond donors (Lipinski definition) is 0. The van der Waals surface area contributed by atoms with E-state index in [1.54, 1.807) is 5.56 Å². The average Bonchev–Trinajstić information content (AvgIpc) is 3.55. The summed E-state index contributed by atoms with van der Waals surface area (Å²) in [5, 5.41) is 0. The topological polar surface area (TPSA) is 9.23 Å². The van der Waals surface area contributed by atoms with E-state index in [1.165, 1.54) is 55.2 Å². The average molecular weight is 861 g/mol. The molecule has 1 nitrogen and oxygen atoms in total. The molecule has 2 aromatic carbocycles. The maximum absolute atomic E-state index is 6.52. The van der Waals surface area contributed by atoms with Crippen molar-refractivity contribution in [2.24, 2.45) is 64.6 Å². The summed E-state index contributed by atoms with van der Waals surface area (Å²) >= 11 is -0.826. The Kier molecular flexibility index (Phi) is 18.3. The van der Waals surface area contributed by atoms with Gasteiger partial charge in [0, 0.05) is 13.0 Å². The summed E-state index contributed by atoms with van der Waals surface area (Å²) in [7, 11) is 11.9. The molecule has 0 saturated heterocycles. The standard InChI is InChI=1S/C47H72O.CH4.2CH3.2ClH.Zr/c1-28-19-20-35(32-23-33(45(4,5)6)25-34(24-32)46(7,8)9)39-22-30(3)37(42(28)39)26-36-29(2)21-40-38(36)27-41(47(10,11)12)44(48-13)43(40)31-17-15-14-16-18-31;;;;;;/h14-18,23-25,28-30,35-44H,19-22,26-27H2,1-13H3;1H4;2*1H3;2*1H;/q;;2*-1;;;+4/p-2. The van der Waals surface area contributed by atoms with Gasteiger partial charge >= 0.3 is 37.9 Å². The Bertz CT molecular complexity index is 1390. The van der Waals surface area contributed by atoms with E-state index in [-0.39, 0.29) is 38.5 Å². The molecule has 13 atom stereocenters. The zero-order chi connectivity index (χ0) is 37.6. The van der Waals surface area contributed by atoms with Gasteiger partial charge in [0.1, 0.15) is 0 Å². The van der Waals surface area contributed by atoms with Gasteiger partial charge < -0.3 is 19.6 Å². The van der Waals surface area contributed by atoms with Gasteiger partial charge in [-0.25, -0.2) is 0 Å². The first-order chi connectivity index (χ1) is 23.8. The monoisotopic (exact) mass is 858 g/mol. The molecule has 4 fully saturated rings. The first kappa shape index (κ1) is 50.0. The SMILES string of the molecule is C.COC1C(c2ccccc2)C2CC(C)C(CC3C(C)CC4C(c5cc(C(C)(C)C)cc(C(C)(C)C)c5)CCC(C)C34)C2CC1C(C)(C)C.[CH3-].[CH3-].[Cl][Zr+2][Cl]. The van der Waals surface area contributed by atoms with Crippen LogP contribution in [0, 0.1) is 79.4 Å². The van der Waals surface area contributed by atoms with Gasteiger partial charge in [-0.15, -0.1) is 0 Å². The molecule has 0 heterocycles. The number of fused-ring (bicyclic) bond motifs is 2. The molecule has 0 amide bonds. The van der Waals surface area contributed by atoms with Gasteiger partial charge in [0.05, 0.1) is 6.10 Å². The number of halogens is 2. The molecule has 306 valence electrons. The van der Waals surface area contributed by atoms with Crippen LogP contribution >= 0.6 is 17.0 Å². The van der Waals surface area contributed by atoms with E-state index in [4.69, 9.17) is 21.8 Å². The molecule has 0 radical (unpaired) electrons. The Morgan fingerprint density at radius 3 is 1.69 bits per heavy atom. The normalized spacial score (nSPS) is 34.8. The van der Waals surface area contributed by atoms with Gasteiger partial charge in [-0.2, -0.15) is 0 Å². The molecule has 0 aliphatic heterocycles. The van der Waals surface area contributed by atoms with Crippen LogP contribution in [0.5, 0.6) is 0 Å². The van der Waals surface area contributed by atoms with E-state index in [1.807, 2.05) is 7.11 Å². The molecule has 0 bridgehead atoms. The van der Waals surface area contributed by atoms with Crippen molar-refractivity contribution in [3.05, 3.63) is 85.6 Å². The molecule has 0 spiro atoms. The molecule has 54 heavy (non-hydrogen) atoms. The molecule has 4 aliphatic rings. The summed E-state index contributed by atoms with van der Waals surface area (Å²) in [6.45, 7) is 29.8. The second-order valence-electron chi connectivity index (χ2n) is 21.0. The maximum atomic E-state index is 6.52. The Morgan fingerprint density at radius 2 is 1.19 bits per heavy atom. The van der Waals surface area contributed by atoms with E-state index in [0.717, 1.165) is 53.3 Å². The van der Waals surface area contributed by atoms with Crippen molar-refractivity contribution in [1.29, 1.82) is 0 Å². The third kappa shape index (κ3) is 10.5. The molecule has 6 rings (SSSR count). The molecule has 0 aromatic heterocycles. The van der Waals surface area contributed by atoms with Crippen molar-refractivity contribution >= 4 is 17.0 Å². The van der Waals surface area contributed by atoms with Crippen LogP contribution in [0.15, 0.2) is 48.5 Å². The van der Waals surface area contributed by atoms with Gasteiger partial charge in [0.2, 0.25) is 0 Å². The van der Waals surface area contributed by atoms with Gasteiger partial charge in [0.15, 0.2) is 0 Å². The predicted octanol–water partition coefficient (Wildman–Crippen LogP) is 15.7. The van der Waals surface area contributed by atoms with Gasteiger partial charge in [-0.3, -0.25) is 0 Å².